The van der Waals surface area contributed by atoms with Gasteiger partial charge in [-0.25, -0.2) is 5.16 Å². The van der Waals surface area contributed by atoms with Crippen LogP contribution < -0.4 is 0 Å². The minimum Gasteiger partial charge on any atom is -0.381 e. The van der Waals surface area contributed by atoms with E-state index in [9.17, 15) is 0 Å². The predicted octanol–water partition coefficient (Wildman–Crippen LogP) is 3.25. The number of fused-ring (bicyclic) bond motifs is 1. The summed E-state index contributed by atoms with van der Waals surface area (Å²) in [6.45, 7) is 0. The molecular weight excluding hydrogens is 226 g/mol. The van der Waals surface area contributed by atoms with E-state index in [0.717, 1.165) is 15.4 Å². The van der Waals surface area contributed by atoms with E-state index in [4.69, 9.17) is 16.7 Å². The van der Waals surface area contributed by atoms with E-state index in [-0.39, 0.29) is 0 Å². The molecule has 0 amide bonds. The van der Waals surface area contributed by atoms with Crippen LogP contribution in [0.2, 0.25) is 0 Å². The van der Waals surface area contributed by atoms with Crippen molar-refractivity contribution in [3.8, 4) is 0 Å². The van der Waals surface area contributed by atoms with Crippen molar-refractivity contribution in [2.75, 3.05) is 0 Å². The van der Waals surface area contributed by atoms with Gasteiger partial charge < -0.3 is 4.52 Å². The lowest BCUT2D eigenvalue weighted by Gasteiger charge is -1.86. The van der Waals surface area contributed by atoms with Crippen LogP contribution in [-0.2, 0) is 0 Å². The van der Waals surface area contributed by atoms with E-state index in [1.165, 1.54) is 0 Å². The van der Waals surface area contributed by atoms with E-state index in [2.05, 4.69) is 21.1 Å². The number of aromatic nitrogens is 1. The molecule has 2 aromatic rings. The molecule has 0 atom stereocenters. The molecule has 0 spiro atoms. The number of hydrogen-bond donors (Lipinski definition) is 1. The molecule has 0 bridgehead atoms. The highest BCUT2D eigenvalue weighted by molar-refractivity contribution is 9.10. The SMILES string of the molecule is S=c1[nH]oc2ccc(Br)cc12. The molecule has 1 heterocycles. The molecular formula is C7H4BrNOS. The summed E-state index contributed by atoms with van der Waals surface area (Å²) >= 11 is 8.33. The number of halogens is 1. The molecule has 0 radical (unpaired) electrons. The fraction of sp³-hybridized carbons (Fsp3) is 0. The molecule has 0 aliphatic rings. The van der Waals surface area contributed by atoms with Crippen LogP contribution in [0.25, 0.3) is 11.0 Å². The largest absolute Gasteiger partial charge is 0.381 e. The minimum atomic E-state index is 0.640. The molecule has 1 aromatic carbocycles. The fourth-order valence-electron chi connectivity index (χ4n) is 0.925. The average Bonchev–Trinajstić information content (AvgIpc) is 2.33. The Morgan fingerprint density at radius 2 is 2.27 bits per heavy atom. The van der Waals surface area contributed by atoms with Crippen molar-refractivity contribution in [1.29, 1.82) is 0 Å². The standard InChI is InChI=1S/C7H4BrNOS/c8-4-1-2-6-5(3-4)7(11)9-10-6/h1-3H,(H,9,11). The Labute approximate surface area is 76.3 Å². The molecule has 2 rings (SSSR count). The second-order valence-corrected chi connectivity index (χ2v) is 3.50. The van der Waals surface area contributed by atoms with Crippen LogP contribution in [0, 0.1) is 4.64 Å². The summed E-state index contributed by atoms with van der Waals surface area (Å²) in [4.78, 5) is 0. The zero-order chi connectivity index (χ0) is 7.84. The zero-order valence-corrected chi connectivity index (χ0v) is 7.83. The van der Waals surface area contributed by atoms with Crippen molar-refractivity contribution in [2.24, 2.45) is 0 Å². The third kappa shape index (κ3) is 1.12. The van der Waals surface area contributed by atoms with Crippen LogP contribution in [0.5, 0.6) is 0 Å². The molecule has 1 N–H and O–H groups in total. The maximum Gasteiger partial charge on any atom is 0.165 e. The number of hydrogen-bond acceptors (Lipinski definition) is 2. The summed E-state index contributed by atoms with van der Waals surface area (Å²) in [7, 11) is 0. The third-order valence-corrected chi connectivity index (χ3v) is 2.24. The number of aromatic amines is 1. The van der Waals surface area contributed by atoms with Crippen molar-refractivity contribution in [3.63, 3.8) is 0 Å². The molecule has 0 fully saturated rings. The quantitative estimate of drug-likeness (QED) is 0.703. The smallest absolute Gasteiger partial charge is 0.165 e. The maximum absolute atomic E-state index is 5.05. The normalized spacial score (nSPS) is 10.6. The van der Waals surface area contributed by atoms with Crippen molar-refractivity contribution >= 4 is 39.1 Å². The van der Waals surface area contributed by atoms with Crippen LogP contribution in [-0.4, -0.2) is 5.16 Å². The van der Waals surface area contributed by atoms with Crippen LogP contribution >= 0.6 is 28.1 Å². The van der Waals surface area contributed by atoms with Gasteiger partial charge in [-0.2, -0.15) is 0 Å². The lowest BCUT2D eigenvalue weighted by Crippen LogP contribution is -1.64. The third-order valence-electron chi connectivity index (χ3n) is 1.44. The van der Waals surface area contributed by atoms with Gasteiger partial charge in [0.2, 0.25) is 0 Å². The summed E-state index contributed by atoms with van der Waals surface area (Å²) in [5.41, 5.74) is 0.790. The van der Waals surface area contributed by atoms with Crippen LogP contribution in [0.3, 0.4) is 0 Å². The molecule has 0 aliphatic heterocycles. The van der Waals surface area contributed by atoms with Gasteiger partial charge >= 0.3 is 0 Å². The van der Waals surface area contributed by atoms with Crippen LogP contribution in [0.4, 0.5) is 0 Å². The number of benzene rings is 1. The molecule has 0 saturated carbocycles. The molecule has 0 aliphatic carbocycles. The lowest BCUT2D eigenvalue weighted by atomic mass is 10.3. The van der Waals surface area contributed by atoms with Crippen molar-refractivity contribution in [2.45, 2.75) is 0 Å². The summed E-state index contributed by atoms with van der Waals surface area (Å²) in [6, 6.07) is 5.71. The van der Waals surface area contributed by atoms with E-state index < -0.39 is 0 Å². The van der Waals surface area contributed by atoms with Gasteiger partial charge in [-0.15, -0.1) is 0 Å². The first kappa shape index (κ1) is 7.06. The monoisotopic (exact) mass is 229 g/mol. The molecule has 0 saturated heterocycles. The summed E-state index contributed by atoms with van der Waals surface area (Å²) < 4.78 is 6.70. The Morgan fingerprint density at radius 3 is 3.09 bits per heavy atom. The Hall–Kier alpha value is -0.610. The van der Waals surface area contributed by atoms with Crippen molar-refractivity contribution in [3.05, 3.63) is 27.3 Å². The zero-order valence-electron chi connectivity index (χ0n) is 5.43. The van der Waals surface area contributed by atoms with Gasteiger partial charge in [0.1, 0.15) is 4.64 Å². The van der Waals surface area contributed by atoms with Gasteiger partial charge in [0.05, 0.1) is 5.39 Å². The predicted molar refractivity (Wildman–Crippen MR) is 49.1 cm³/mol. The lowest BCUT2D eigenvalue weighted by molar-refractivity contribution is 0.453. The van der Waals surface area contributed by atoms with Gasteiger partial charge in [0.15, 0.2) is 5.58 Å². The van der Waals surface area contributed by atoms with Gasteiger partial charge in [0, 0.05) is 4.47 Å². The molecule has 11 heavy (non-hydrogen) atoms. The van der Waals surface area contributed by atoms with Gasteiger partial charge in [-0.3, -0.25) is 0 Å². The summed E-state index contributed by atoms with van der Waals surface area (Å²) in [5, 5.41) is 3.56. The number of rotatable bonds is 0. The van der Waals surface area contributed by atoms with Crippen LogP contribution in [0.15, 0.2) is 27.2 Å². The second kappa shape index (κ2) is 2.46. The fourth-order valence-corrected chi connectivity index (χ4v) is 1.49. The first-order valence-corrected chi connectivity index (χ1v) is 4.24. The van der Waals surface area contributed by atoms with Crippen molar-refractivity contribution < 1.29 is 4.52 Å². The number of nitrogens with one attached hydrogen (secondary N) is 1. The first-order valence-electron chi connectivity index (χ1n) is 3.04. The van der Waals surface area contributed by atoms with Gasteiger partial charge in [-0.1, -0.05) is 28.1 Å². The van der Waals surface area contributed by atoms with E-state index in [1.54, 1.807) is 0 Å². The van der Waals surface area contributed by atoms with E-state index in [0.29, 0.717) is 4.64 Å². The average molecular weight is 230 g/mol. The molecule has 4 heteroatoms. The Morgan fingerprint density at radius 1 is 1.45 bits per heavy atom. The van der Waals surface area contributed by atoms with Crippen LogP contribution in [0.1, 0.15) is 0 Å². The molecule has 56 valence electrons. The molecule has 1 aromatic heterocycles. The first-order chi connectivity index (χ1) is 5.27. The molecule has 0 unspecified atom stereocenters. The summed E-state index contributed by atoms with van der Waals surface area (Å²) in [6.07, 6.45) is 0. The Balaban J connectivity index is 2.99. The van der Waals surface area contributed by atoms with Gasteiger partial charge in [0.25, 0.3) is 0 Å². The maximum atomic E-state index is 5.05. The minimum absolute atomic E-state index is 0.640. The molecule has 2 nitrogen and oxygen atoms in total. The van der Waals surface area contributed by atoms with Gasteiger partial charge in [-0.05, 0) is 18.2 Å². The summed E-state index contributed by atoms with van der Waals surface area (Å²) in [5.74, 6) is 0. The Kier molecular flexibility index (Phi) is 1.58. The highest BCUT2D eigenvalue weighted by atomic mass is 79.9. The van der Waals surface area contributed by atoms with Crippen molar-refractivity contribution in [1.82, 2.24) is 5.16 Å². The highest BCUT2D eigenvalue weighted by Crippen LogP contribution is 2.19. The van der Waals surface area contributed by atoms with E-state index in [1.807, 2.05) is 18.2 Å². The number of H-pyrrole nitrogens is 1. The second-order valence-electron chi connectivity index (χ2n) is 2.17. The Bertz CT molecular complexity index is 445. The highest BCUT2D eigenvalue weighted by Gasteiger charge is 1.98. The topological polar surface area (TPSA) is 28.9 Å². The van der Waals surface area contributed by atoms with E-state index >= 15 is 0 Å².